The van der Waals surface area contributed by atoms with Gasteiger partial charge in [-0.25, -0.2) is 22.8 Å². The quantitative estimate of drug-likeness (QED) is 0.871. The monoisotopic (exact) mass is 259 g/mol. The number of hydrogen-bond acceptors (Lipinski definition) is 5. The van der Waals surface area contributed by atoms with E-state index < -0.39 is 15.7 Å². The molecule has 2 heterocycles. The van der Waals surface area contributed by atoms with Gasteiger partial charge in [0.05, 0.1) is 23.9 Å². The molecule has 1 aliphatic heterocycles. The minimum absolute atomic E-state index is 0.254. The Morgan fingerprint density at radius 3 is 2.47 bits per heavy atom. The zero-order valence-electron chi connectivity index (χ0n) is 9.26. The van der Waals surface area contributed by atoms with Crippen LogP contribution in [-0.4, -0.2) is 36.4 Å². The fraction of sp³-hybridized carbons (Fsp3) is 0.600. The highest BCUT2D eigenvalue weighted by Gasteiger charge is 2.23. The molecule has 0 spiro atoms. The second-order valence-corrected chi connectivity index (χ2v) is 6.50. The van der Waals surface area contributed by atoms with E-state index >= 15 is 0 Å². The van der Waals surface area contributed by atoms with Gasteiger partial charge in [0.25, 0.3) is 0 Å². The molecule has 1 aromatic heterocycles. The van der Waals surface area contributed by atoms with Crippen LogP contribution in [0.4, 0.5) is 10.3 Å². The molecule has 1 N–H and O–H groups in total. The highest BCUT2D eigenvalue weighted by Crippen LogP contribution is 2.18. The van der Waals surface area contributed by atoms with Crippen LogP contribution in [0, 0.1) is 11.7 Å². The summed E-state index contributed by atoms with van der Waals surface area (Å²) in [6.45, 7) is 0.626. The van der Waals surface area contributed by atoms with Crippen molar-refractivity contribution >= 4 is 15.8 Å². The number of aromatic nitrogens is 2. The molecule has 17 heavy (non-hydrogen) atoms. The van der Waals surface area contributed by atoms with E-state index in [0.717, 1.165) is 12.4 Å². The molecule has 5 nitrogen and oxygen atoms in total. The van der Waals surface area contributed by atoms with Gasteiger partial charge in [0.15, 0.2) is 5.82 Å². The molecule has 1 aromatic rings. The molecule has 0 unspecified atom stereocenters. The normalized spacial score (nSPS) is 20.1. The molecular weight excluding hydrogens is 245 g/mol. The van der Waals surface area contributed by atoms with Crippen LogP contribution in [0.5, 0.6) is 0 Å². The van der Waals surface area contributed by atoms with Crippen molar-refractivity contribution in [1.29, 1.82) is 0 Å². The van der Waals surface area contributed by atoms with Crippen molar-refractivity contribution in [3.63, 3.8) is 0 Å². The van der Waals surface area contributed by atoms with E-state index in [1.165, 1.54) is 0 Å². The molecule has 0 bridgehead atoms. The van der Waals surface area contributed by atoms with E-state index in [2.05, 4.69) is 15.3 Å². The summed E-state index contributed by atoms with van der Waals surface area (Å²) < 4.78 is 35.0. The van der Waals surface area contributed by atoms with Crippen LogP contribution in [0.1, 0.15) is 12.8 Å². The molecule has 0 radical (unpaired) electrons. The first-order valence-corrected chi connectivity index (χ1v) is 7.29. The van der Waals surface area contributed by atoms with Gasteiger partial charge in [-0.3, -0.25) is 0 Å². The van der Waals surface area contributed by atoms with Gasteiger partial charge in [-0.05, 0) is 18.8 Å². The van der Waals surface area contributed by atoms with Gasteiger partial charge in [0.1, 0.15) is 9.84 Å². The van der Waals surface area contributed by atoms with E-state index in [1.54, 1.807) is 0 Å². The molecule has 1 saturated heterocycles. The Bertz CT molecular complexity index is 461. The molecule has 0 amide bonds. The number of nitrogens with one attached hydrogen (secondary N) is 1. The average Bonchev–Trinajstić information content (AvgIpc) is 2.30. The number of hydrogen-bond donors (Lipinski definition) is 1. The Morgan fingerprint density at radius 2 is 1.88 bits per heavy atom. The largest absolute Gasteiger partial charge is 0.354 e. The molecule has 0 saturated carbocycles. The standard InChI is InChI=1S/C10H14FN3O2S/c11-9-6-13-10(14-7-9)12-5-8-1-3-17(15,16)4-2-8/h6-8H,1-5H2,(H,12,13,14). The lowest BCUT2D eigenvalue weighted by Crippen LogP contribution is -2.27. The van der Waals surface area contributed by atoms with Crippen molar-refractivity contribution in [2.75, 3.05) is 23.4 Å². The summed E-state index contributed by atoms with van der Waals surface area (Å²) >= 11 is 0. The molecule has 1 aliphatic rings. The number of anilines is 1. The maximum atomic E-state index is 12.5. The summed E-state index contributed by atoms with van der Waals surface area (Å²) in [5.41, 5.74) is 0. The lowest BCUT2D eigenvalue weighted by molar-refractivity contribution is 0.483. The van der Waals surface area contributed by atoms with Gasteiger partial charge >= 0.3 is 0 Å². The van der Waals surface area contributed by atoms with Crippen LogP contribution in [0.3, 0.4) is 0 Å². The smallest absolute Gasteiger partial charge is 0.222 e. The van der Waals surface area contributed by atoms with Crippen LogP contribution < -0.4 is 5.32 Å². The van der Waals surface area contributed by atoms with E-state index in [1.807, 2.05) is 0 Å². The minimum atomic E-state index is -2.81. The van der Waals surface area contributed by atoms with Gasteiger partial charge in [-0.15, -0.1) is 0 Å². The Hall–Kier alpha value is -1.24. The predicted octanol–water partition coefficient (Wildman–Crippen LogP) is 0.852. The molecule has 2 rings (SSSR count). The maximum Gasteiger partial charge on any atom is 0.222 e. The molecular formula is C10H14FN3O2S. The van der Waals surface area contributed by atoms with Crippen molar-refractivity contribution in [3.05, 3.63) is 18.2 Å². The van der Waals surface area contributed by atoms with Crippen LogP contribution in [0.2, 0.25) is 0 Å². The maximum absolute atomic E-state index is 12.5. The molecule has 0 aliphatic carbocycles. The topological polar surface area (TPSA) is 72.0 Å². The van der Waals surface area contributed by atoms with Crippen LogP contribution in [0.15, 0.2) is 12.4 Å². The Kier molecular flexibility index (Phi) is 3.56. The summed E-state index contributed by atoms with van der Waals surface area (Å²) in [6, 6.07) is 0. The second kappa shape index (κ2) is 4.95. The van der Waals surface area contributed by atoms with E-state index in [9.17, 15) is 12.8 Å². The third-order valence-corrected chi connectivity index (χ3v) is 4.56. The number of halogens is 1. The molecule has 94 valence electrons. The van der Waals surface area contributed by atoms with E-state index in [0.29, 0.717) is 31.3 Å². The van der Waals surface area contributed by atoms with Crippen molar-refractivity contribution in [3.8, 4) is 0 Å². The fourth-order valence-corrected chi connectivity index (χ4v) is 3.37. The number of nitrogens with zero attached hydrogens (tertiary/aromatic N) is 2. The summed E-state index contributed by atoms with van der Waals surface area (Å²) in [7, 11) is -2.81. The first-order chi connectivity index (χ1) is 8.05. The third-order valence-electron chi connectivity index (χ3n) is 2.84. The van der Waals surface area contributed by atoms with E-state index in [-0.39, 0.29) is 11.5 Å². The van der Waals surface area contributed by atoms with Crippen molar-refractivity contribution < 1.29 is 12.8 Å². The lowest BCUT2D eigenvalue weighted by atomic mass is 10.0. The van der Waals surface area contributed by atoms with Gasteiger partial charge in [0, 0.05) is 6.54 Å². The third kappa shape index (κ3) is 3.62. The average molecular weight is 259 g/mol. The zero-order chi connectivity index (χ0) is 12.3. The lowest BCUT2D eigenvalue weighted by Gasteiger charge is -2.21. The summed E-state index contributed by atoms with van der Waals surface area (Å²) in [6.07, 6.45) is 3.52. The molecule has 7 heteroatoms. The fourth-order valence-electron chi connectivity index (χ4n) is 1.78. The van der Waals surface area contributed by atoms with Crippen LogP contribution in [-0.2, 0) is 9.84 Å². The Morgan fingerprint density at radius 1 is 1.29 bits per heavy atom. The zero-order valence-corrected chi connectivity index (χ0v) is 10.1. The summed E-state index contributed by atoms with van der Waals surface area (Å²) in [5, 5.41) is 2.99. The van der Waals surface area contributed by atoms with Gasteiger partial charge < -0.3 is 5.32 Å². The van der Waals surface area contributed by atoms with Gasteiger partial charge in [-0.1, -0.05) is 0 Å². The minimum Gasteiger partial charge on any atom is -0.354 e. The molecule has 0 aromatic carbocycles. The summed E-state index contributed by atoms with van der Waals surface area (Å²) in [5.74, 6) is 0.721. The summed E-state index contributed by atoms with van der Waals surface area (Å²) in [4.78, 5) is 7.55. The first kappa shape index (κ1) is 12.2. The Labute approximate surface area is 99.4 Å². The molecule has 0 atom stereocenters. The van der Waals surface area contributed by atoms with Crippen molar-refractivity contribution in [2.45, 2.75) is 12.8 Å². The van der Waals surface area contributed by atoms with Crippen molar-refractivity contribution in [1.82, 2.24) is 9.97 Å². The predicted molar refractivity (Wildman–Crippen MR) is 61.9 cm³/mol. The van der Waals surface area contributed by atoms with Crippen molar-refractivity contribution in [2.24, 2.45) is 5.92 Å². The van der Waals surface area contributed by atoms with Gasteiger partial charge in [0.2, 0.25) is 5.95 Å². The number of sulfone groups is 1. The number of rotatable bonds is 3. The first-order valence-electron chi connectivity index (χ1n) is 5.47. The van der Waals surface area contributed by atoms with Crippen LogP contribution >= 0.6 is 0 Å². The van der Waals surface area contributed by atoms with E-state index in [4.69, 9.17) is 0 Å². The SMILES string of the molecule is O=S1(=O)CCC(CNc2ncc(F)cn2)CC1. The Balaban J connectivity index is 1.81. The highest BCUT2D eigenvalue weighted by atomic mass is 32.2. The highest BCUT2D eigenvalue weighted by molar-refractivity contribution is 7.91. The second-order valence-electron chi connectivity index (χ2n) is 4.20. The molecule has 1 fully saturated rings. The van der Waals surface area contributed by atoms with Crippen LogP contribution in [0.25, 0.3) is 0 Å². The van der Waals surface area contributed by atoms with Gasteiger partial charge in [-0.2, -0.15) is 0 Å².